The number of aliphatic carboxylic acids is 2. The first-order valence-corrected chi connectivity index (χ1v) is 11.5. The van der Waals surface area contributed by atoms with Crippen LogP contribution >= 0.6 is 0 Å². The highest BCUT2D eigenvalue weighted by Gasteiger charge is 2.49. The van der Waals surface area contributed by atoms with Crippen LogP contribution in [0.2, 0.25) is 0 Å². The molecule has 2 N–H and O–H groups in total. The minimum atomic E-state index is -5.08. The monoisotopic (exact) mass is 552 g/mol. The fourth-order valence-electron chi connectivity index (χ4n) is 3.25. The first-order valence-electron chi connectivity index (χ1n) is 9.68. The Morgan fingerprint density at radius 1 is 1.06 bits per heavy atom. The molecule has 0 saturated carbocycles. The number of pyridine rings is 1. The summed E-state index contributed by atoms with van der Waals surface area (Å²) in [4.78, 5) is 37.9. The molecule has 3 heterocycles. The lowest BCUT2D eigenvalue weighted by Crippen LogP contribution is -2.64. The predicted molar refractivity (Wildman–Crippen MR) is 110 cm³/mol. The summed E-state index contributed by atoms with van der Waals surface area (Å²) in [6.45, 7) is 1.69. The predicted octanol–water partition coefficient (Wildman–Crippen LogP) is 1.03. The third-order valence-electron chi connectivity index (χ3n) is 5.14. The Labute approximate surface area is 201 Å². The summed E-state index contributed by atoms with van der Waals surface area (Å²) >= 11 is 0. The molecule has 1 aromatic rings. The number of piperazine rings is 1. The van der Waals surface area contributed by atoms with Crippen LogP contribution in [0.3, 0.4) is 0 Å². The van der Waals surface area contributed by atoms with E-state index in [9.17, 15) is 39.6 Å². The minimum absolute atomic E-state index is 0.0129. The van der Waals surface area contributed by atoms with E-state index in [1.807, 2.05) is 18.0 Å². The van der Waals surface area contributed by atoms with E-state index in [0.717, 1.165) is 12.1 Å². The van der Waals surface area contributed by atoms with E-state index in [0.29, 0.717) is 19.6 Å². The van der Waals surface area contributed by atoms with Crippen molar-refractivity contribution in [2.75, 3.05) is 44.4 Å². The summed E-state index contributed by atoms with van der Waals surface area (Å²) in [7, 11) is -1.31. The molecule has 0 aromatic carbocycles. The standard InChI is InChI=1S/C14H20N4O3S.2C2HF3O2/c1-16-9-13(19)18(12-4-3-6-15-8-12)11-14(16)5-7-17(10-14)22(2,20)21;2*3-2(4,5)1(6)7/h3-4,6,8H,5,7,9-11H2,1-2H3;2*(H,6,7). The van der Waals surface area contributed by atoms with Crippen LogP contribution < -0.4 is 4.90 Å². The summed E-state index contributed by atoms with van der Waals surface area (Å²) in [5, 5.41) is 14.2. The molecule has 1 amide bonds. The Morgan fingerprint density at radius 2 is 1.56 bits per heavy atom. The van der Waals surface area contributed by atoms with Crippen molar-refractivity contribution in [3.05, 3.63) is 24.5 Å². The lowest BCUT2D eigenvalue weighted by atomic mass is 9.93. The molecule has 1 spiro atoms. The van der Waals surface area contributed by atoms with Crippen LogP contribution in [-0.4, -0.2) is 108 Å². The highest BCUT2D eigenvalue weighted by molar-refractivity contribution is 7.88. The van der Waals surface area contributed by atoms with E-state index in [1.54, 1.807) is 23.4 Å². The summed E-state index contributed by atoms with van der Waals surface area (Å²) in [5.41, 5.74) is 0.435. The normalized spacial score (nSPS) is 21.3. The third-order valence-corrected chi connectivity index (χ3v) is 6.39. The highest BCUT2D eigenvalue weighted by atomic mass is 32.2. The number of amides is 1. The van der Waals surface area contributed by atoms with Gasteiger partial charge in [0.05, 0.1) is 30.2 Å². The molecule has 3 rings (SSSR count). The van der Waals surface area contributed by atoms with E-state index in [4.69, 9.17) is 19.8 Å². The maximum atomic E-state index is 12.3. The van der Waals surface area contributed by atoms with Crippen molar-refractivity contribution in [2.45, 2.75) is 24.3 Å². The van der Waals surface area contributed by atoms with Crippen molar-refractivity contribution in [1.82, 2.24) is 14.2 Å². The number of sulfonamides is 1. The van der Waals surface area contributed by atoms with Gasteiger partial charge in [-0.1, -0.05) is 0 Å². The molecule has 11 nitrogen and oxygen atoms in total. The Kier molecular flexibility index (Phi) is 9.81. The molecule has 2 fully saturated rings. The molecule has 204 valence electrons. The number of rotatable bonds is 2. The second-order valence-electron chi connectivity index (χ2n) is 7.72. The van der Waals surface area contributed by atoms with Gasteiger partial charge in [-0.15, -0.1) is 0 Å². The molecule has 0 radical (unpaired) electrons. The summed E-state index contributed by atoms with van der Waals surface area (Å²) < 4.78 is 88.6. The van der Waals surface area contributed by atoms with Crippen molar-refractivity contribution in [3.63, 3.8) is 0 Å². The number of hydrogen-bond acceptors (Lipinski definition) is 7. The zero-order chi connectivity index (χ0) is 28.1. The summed E-state index contributed by atoms with van der Waals surface area (Å²) in [6, 6.07) is 3.65. The van der Waals surface area contributed by atoms with E-state index in [2.05, 4.69) is 4.98 Å². The topological polar surface area (TPSA) is 148 Å². The first kappa shape index (κ1) is 31.0. The molecular formula is C18H22F6N4O7S. The SMILES string of the molecule is CN1CC(=O)N(c2cccnc2)CC12CCN(S(C)(=O)=O)C2.O=C(O)C(F)(F)F.O=C(O)C(F)(F)F. The van der Waals surface area contributed by atoms with Gasteiger partial charge in [-0.3, -0.25) is 14.7 Å². The lowest BCUT2D eigenvalue weighted by Gasteiger charge is -2.46. The van der Waals surface area contributed by atoms with Gasteiger partial charge < -0.3 is 15.1 Å². The maximum absolute atomic E-state index is 12.3. The number of carbonyl (C=O) groups excluding carboxylic acids is 1. The number of hydrogen-bond donors (Lipinski definition) is 2. The largest absolute Gasteiger partial charge is 0.490 e. The summed E-state index contributed by atoms with van der Waals surface area (Å²) in [6.07, 6.45) is -4.87. The molecule has 2 saturated heterocycles. The fraction of sp³-hybridized carbons (Fsp3) is 0.556. The average molecular weight is 552 g/mol. The van der Waals surface area contributed by atoms with Gasteiger partial charge in [-0.05, 0) is 25.6 Å². The van der Waals surface area contributed by atoms with Crippen LogP contribution in [0.1, 0.15) is 6.42 Å². The number of halogens is 6. The number of aromatic nitrogens is 1. The molecule has 1 aromatic heterocycles. The van der Waals surface area contributed by atoms with Crippen molar-refractivity contribution in [2.24, 2.45) is 0 Å². The van der Waals surface area contributed by atoms with Crippen LogP contribution in [0.5, 0.6) is 0 Å². The van der Waals surface area contributed by atoms with Gasteiger partial charge in [0, 0.05) is 25.8 Å². The van der Waals surface area contributed by atoms with Gasteiger partial charge in [-0.25, -0.2) is 22.3 Å². The number of carboxylic acid groups (broad SMARTS) is 2. The number of alkyl halides is 6. The Hall–Kier alpha value is -2.99. The highest BCUT2D eigenvalue weighted by Crippen LogP contribution is 2.34. The van der Waals surface area contributed by atoms with Gasteiger partial charge in [-0.2, -0.15) is 26.3 Å². The molecular weight excluding hydrogens is 530 g/mol. The number of carboxylic acids is 2. The molecule has 1 unspecified atom stereocenters. The van der Waals surface area contributed by atoms with Crippen LogP contribution in [0.25, 0.3) is 0 Å². The Morgan fingerprint density at radius 3 is 1.92 bits per heavy atom. The van der Waals surface area contributed by atoms with Crippen LogP contribution in [0.4, 0.5) is 32.0 Å². The van der Waals surface area contributed by atoms with E-state index in [-0.39, 0.29) is 18.0 Å². The molecule has 2 aliphatic heterocycles. The zero-order valence-corrected chi connectivity index (χ0v) is 19.6. The average Bonchev–Trinajstić information content (AvgIpc) is 3.17. The quantitative estimate of drug-likeness (QED) is 0.513. The third kappa shape index (κ3) is 8.59. The molecule has 2 aliphatic rings. The van der Waals surface area contributed by atoms with Gasteiger partial charge in [0.2, 0.25) is 15.9 Å². The second-order valence-corrected chi connectivity index (χ2v) is 9.71. The number of likely N-dealkylation sites (N-methyl/N-ethyl adjacent to an activating group) is 1. The van der Waals surface area contributed by atoms with Gasteiger partial charge in [0.1, 0.15) is 0 Å². The van der Waals surface area contributed by atoms with Crippen molar-refractivity contribution < 1.29 is 59.4 Å². The first-order chi connectivity index (χ1) is 16.2. The fourth-order valence-corrected chi connectivity index (χ4v) is 4.15. The molecule has 1 atom stereocenters. The molecule has 0 aliphatic carbocycles. The van der Waals surface area contributed by atoms with Crippen molar-refractivity contribution >= 4 is 33.6 Å². The van der Waals surface area contributed by atoms with Gasteiger partial charge in [0.25, 0.3) is 0 Å². The minimum Gasteiger partial charge on any atom is -0.475 e. The van der Waals surface area contributed by atoms with Crippen LogP contribution in [-0.2, 0) is 24.4 Å². The lowest BCUT2D eigenvalue weighted by molar-refractivity contribution is -0.193. The Balaban J connectivity index is 0.000000383. The summed E-state index contributed by atoms with van der Waals surface area (Å²) in [5.74, 6) is -5.50. The zero-order valence-electron chi connectivity index (χ0n) is 18.7. The molecule has 18 heteroatoms. The molecule has 36 heavy (non-hydrogen) atoms. The Bertz CT molecular complexity index is 1030. The van der Waals surface area contributed by atoms with E-state index >= 15 is 0 Å². The smallest absolute Gasteiger partial charge is 0.475 e. The van der Waals surface area contributed by atoms with Crippen LogP contribution in [0, 0.1) is 0 Å². The number of anilines is 1. The number of carbonyl (C=O) groups is 3. The van der Waals surface area contributed by atoms with E-state index in [1.165, 1.54) is 10.6 Å². The van der Waals surface area contributed by atoms with Gasteiger partial charge >= 0.3 is 24.3 Å². The van der Waals surface area contributed by atoms with Crippen molar-refractivity contribution in [1.29, 1.82) is 0 Å². The van der Waals surface area contributed by atoms with Gasteiger partial charge in [0.15, 0.2) is 0 Å². The maximum Gasteiger partial charge on any atom is 0.490 e. The van der Waals surface area contributed by atoms with Crippen molar-refractivity contribution in [3.8, 4) is 0 Å². The number of nitrogens with zero attached hydrogens (tertiary/aromatic N) is 4. The van der Waals surface area contributed by atoms with Crippen LogP contribution in [0.15, 0.2) is 24.5 Å². The van der Waals surface area contributed by atoms with E-state index < -0.39 is 34.3 Å². The second kappa shape index (κ2) is 11.4. The molecule has 0 bridgehead atoms.